The van der Waals surface area contributed by atoms with E-state index in [1.165, 1.54) is 13.8 Å². The van der Waals surface area contributed by atoms with E-state index < -0.39 is 59.2 Å². The monoisotopic (exact) mass is 584 g/mol. The van der Waals surface area contributed by atoms with Gasteiger partial charge in [0.2, 0.25) is 11.8 Å². The highest BCUT2D eigenvalue weighted by molar-refractivity contribution is 5.87. The first-order chi connectivity index (χ1) is 19.6. The van der Waals surface area contributed by atoms with Crippen LogP contribution in [0.3, 0.4) is 0 Å². The number of rotatable bonds is 15. The van der Waals surface area contributed by atoms with E-state index in [4.69, 9.17) is 9.47 Å². The van der Waals surface area contributed by atoms with Crippen molar-refractivity contribution in [1.82, 2.24) is 10.6 Å². The van der Waals surface area contributed by atoms with Crippen molar-refractivity contribution in [1.29, 1.82) is 0 Å². The van der Waals surface area contributed by atoms with Gasteiger partial charge >= 0.3 is 11.9 Å². The summed E-state index contributed by atoms with van der Waals surface area (Å²) in [6.45, 7) is 9.52. The van der Waals surface area contributed by atoms with Crippen molar-refractivity contribution < 1.29 is 38.9 Å². The molecule has 4 N–H and O–H groups in total. The largest absolute Gasteiger partial charge is 0.458 e. The molecule has 0 radical (unpaired) electrons. The van der Waals surface area contributed by atoms with E-state index in [-0.39, 0.29) is 12.8 Å². The molecule has 0 fully saturated rings. The van der Waals surface area contributed by atoms with Crippen molar-refractivity contribution in [3.8, 4) is 0 Å². The Kier molecular flexibility index (Phi) is 12.7. The zero-order valence-corrected chi connectivity index (χ0v) is 25.3. The molecule has 10 nitrogen and oxygen atoms in total. The van der Waals surface area contributed by atoms with Crippen LogP contribution in [0.2, 0.25) is 0 Å². The molecule has 230 valence electrons. The van der Waals surface area contributed by atoms with Gasteiger partial charge in [0.15, 0.2) is 0 Å². The van der Waals surface area contributed by atoms with Gasteiger partial charge in [-0.05, 0) is 65.5 Å². The molecule has 2 rings (SSSR count). The molecule has 0 spiro atoms. The number of aliphatic hydroxyl groups excluding tert-OH is 2. The third-order valence-corrected chi connectivity index (χ3v) is 6.61. The number of carbonyl (C=O) groups excluding carboxylic acids is 4. The Morgan fingerprint density at radius 2 is 0.952 bits per heavy atom. The number of carbonyl (C=O) groups is 4. The fourth-order valence-electron chi connectivity index (χ4n) is 4.06. The quantitative estimate of drug-likeness (QED) is 0.233. The molecule has 10 heteroatoms. The van der Waals surface area contributed by atoms with Gasteiger partial charge in [-0.2, -0.15) is 0 Å². The van der Waals surface area contributed by atoms with Crippen LogP contribution in [0.5, 0.6) is 0 Å². The van der Waals surface area contributed by atoms with Crippen LogP contribution in [0.1, 0.15) is 65.5 Å². The van der Waals surface area contributed by atoms with Crippen LogP contribution >= 0.6 is 0 Å². The van der Waals surface area contributed by atoms with Crippen LogP contribution in [0.4, 0.5) is 0 Å². The van der Waals surface area contributed by atoms with Gasteiger partial charge in [0.1, 0.15) is 35.5 Å². The third kappa shape index (κ3) is 12.0. The lowest BCUT2D eigenvalue weighted by molar-refractivity contribution is -0.167. The maximum absolute atomic E-state index is 13.2. The average molecular weight is 585 g/mol. The van der Waals surface area contributed by atoms with Crippen LogP contribution in [0, 0.1) is 0 Å². The van der Waals surface area contributed by atoms with E-state index >= 15 is 0 Å². The first kappa shape index (κ1) is 34.4. The van der Waals surface area contributed by atoms with E-state index in [9.17, 15) is 29.4 Å². The van der Waals surface area contributed by atoms with Crippen LogP contribution in [-0.4, -0.2) is 69.5 Å². The van der Waals surface area contributed by atoms with Gasteiger partial charge < -0.3 is 30.3 Å². The SMILES string of the molecule is CC(O)C(=O)N[C@@H](Cc1ccccc1)C(=O)OC(C)(C)CCC(C)(C)OC(=O)[C@H](Cc1ccccc1)NC(=O)[C@H](C)O. The number of aliphatic hydroxyl groups is 2. The van der Waals surface area contributed by atoms with Gasteiger partial charge in [0, 0.05) is 12.8 Å². The molecule has 0 aliphatic rings. The van der Waals surface area contributed by atoms with E-state index in [1.54, 1.807) is 27.7 Å². The molecule has 1 unspecified atom stereocenters. The summed E-state index contributed by atoms with van der Waals surface area (Å²) >= 11 is 0. The molecule has 0 saturated carbocycles. The number of amides is 2. The fourth-order valence-corrected chi connectivity index (χ4v) is 4.06. The summed E-state index contributed by atoms with van der Waals surface area (Å²) in [5, 5.41) is 24.4. The van der Waals surface area contributed by atoms with Crippen molar-refractivity contribution in [2.75, 3.05) is 0 Å². The first-order valence-electron chi connectivity index (χ1n) is 14.1. The van der Waals surface area contributed by atoms with E-state index in [1.807, 2.05) is 60.7 Å². The van der Waals surface area contributed by atoms with E-state index in [2.05, 4.69) is 10.6 Å². The van der Waals surface area contributed by atoms with Gasteiger partial charge in [0.05, 0.1) is 0 Å². The standard InChI is InChI=1S/C32H44N2O8/c1-21(35)27(37)33-25(19-23-13-9-7-10-14-23)29(39)41-31(3,4)17-18-32(5,6)42-30(40)26(34-28(38)22(2)36)20-24-15-11-8-12-16-24/h7-16,21-22,25-26,35-36H,17-20H2,1-6H3,(H,33,37)(H,34,38)/t21-,22?,25-,26-/m0/s1. The van der Waals surface area contributed by atoms with Gasteiger partial charge in [-0.3, -0.25) is 9.59 Å². The highest BCUT2D eigenvalue weighted by atomic mass is 16.6. The van der Waals surface area contributed by atoms with E-state index in [0.717, 1.165) is 11.1 Å². The molecule has 2 aromatic rings. The topological polar surface area (TPSA) is 151 Å². The van der Waals surface area contributed by atoms with Gasteiger partial charge in [0.25, 0.3) is 0 Å². The highest BCUT2D eigenvalue weighted by Gasteiger charge is 2.35. The number of benzene rings is 2. The molecule has 42 heavy (non-hydrogen) atoms. The van der Waals surface area contributed by atoms with E-state index in [0.29, 0.717) is 12.8 Å². The molecule has 0 saturated heterocycles. The predicted octanol–water partition coefficient (Wildman–Crippen LogP) is 2.63. The summed E-state index contributed by atoms with van der Waals surface area (Å²) < 4.78 is 11.6. The van der Waals surface area contributed by atoms with Crippen molar-refractivity contribution in [3.63, 3.8) is 0 Å². The molecule has 0 heterocycles. The second-order valence-electron chi connectivity index (χ2n) is 11.7. The molecule has 0 bridgehead atoms. The van der Waals surface area contributed by atoms with Crippen molar-refractivity contribution in [2.24, 2.45) is 0 Å². The van der Waals surface area contributed by atoms with Crippen molar-refractivity contribution in [3.05, 3.63) is 71.8 Å². The minimum atomic E-state index is -1.30. The van der Waals surface area contributed by atoms with Gasteiger partial charge in [-0.1, -0.05) is 60.7 Å². The van der Waals surface area contributed by atoms with Crippen LogP contribution in [0.15, 0.2) is 60.7 Å². The summed E-state index contributed by atoms with van der Waals surface area (Å²) in [5.74, 6) is -2.69. The Hall–Kier alpha value is -3.76. The third-order valence-electron chi connectivity index (χ3n) is 6.61. The van der Waals surface area contributed by atoms with Crippen molar-refractivity contribution in [2.45, 2.75) is 103 Å². The minimum absolute atomic E-state index is 0.179. The lowest BCUT2D eigenvalue weighted by Crippen LogP contribution is -2.49. The Bertz CT molecular complexity index is 1090. The molecule has 4 atom stereocenters. The number of ether oxygens (including phenoxy) is 2. The molecule has 2 aromatic carbocycles. The zero-order valence-electron chi connectivity index (χ0n) is 25.3. The predicted molar refractivity (Wildman–Crippen MR) is 157 cm³/mol. The van der Waals surface area contributed by atoms with Gasteiger partial charge in [-0.15, -0.1) is 0 Å². The number of nitrogens with one attached hydrogen (secondary N) is 2. The summed E-state index contributed by atoms with van der Waals surface area (Å²) in [6, 6.07) is 16.2. The summed E-state index contributed by atoms with van der Waals surface area (Å²) in [5.41, 5.74) is -0.363. The van der Waals surface area contributed by atoms with Crippen LogP contribution < -0.4 is 10.6 Å². The molecular formula is C32H44N2O8. The first-order valence-corrected chi connectivity index (χ1v) is 14.1. The maximum Gasteiger partial charge on any atom is 0.329 e. The molecule has 0 aromatic heterocycles. The smallest absolute Gasteiger partial charge is 0.329 e. The number of hydrogen-bond acceptors (Lipinski definition) is 8. The molecule has 2 amide bonds. The highest BCUT2D eigenvalue weighted by Crippen LogP contribution is 2.26. The number of hydrogen-bond donors (Lipinski definition) is 4. The van der Waals surface area contributed by atoms with Crippen LogP contribution in [-0.2, 0) is 41.5 Å². The molecule has 0 aliphatic carbocycles. The number of esters is 2. The fraction of sp³-hybridized carbons (Fsp3) is 0.500. The Morgan fingerprint density at radius 1 is 0.643 bits per heavy atom. The second kappa shape index (κ2) is 15.5. The maximum atomic E-state index is 13.2. The Balaban J connectivity index is 2.06. The Morgan fingerprint density at radius 3 is 1.24 bits per heavy atom. The lowest BCUT2D eigenvalue weighted by Gasteiger charge is -2.33. The normalized spacial score (nSPS) is 14.6. The van der Waals surface area contributed by atoms with Crippen molar-refractivity contribution >= 4 is 23.8 Å². The molecule has 0 aliphatic heterocycles. The lowest BCUT2D eigenvalue weighted by atomic mass is 9.93. The van der Waals surface area contributed by atoms with Crippen LogP contribution in [0.25, 0.3) is 0 Å². The zero-order chi connectivity index (χ0) is 31.5. The Labute approximate surface area is 247 Å². The minimum Gasteiger partial charge on any atom is -0.458 e. The summed E-state index contributed by atoms with van der Waals surface area (Å²) in [4.78, 5) is 50.7. The second-order valence-corrected chi connectivity index (χ2v) is 11.7. The summed E-state index contributed by atoms with van der Waals surface area (Å²) in [7, 11) is 0. The molecular weight excluding hydrogens is 540 g/mol. The summed E-state index contributed by atoms with van der Waals surface area (Å²) in [6.07, 6.45) is -1.61. The average Bonchev–Trinajstić information content (AvgIpc) is 2.91. The van der Waals surface area contributed by atoms with Gasteiger partial charge in [-0.25, -0.2) is 9.59 Å².